The highest BCUT2D eigenvalue weighted by atomic mass is 16.2. The summed E-state index contributed by atoms with van der Waals surface area (Å²) in [5.41, 5.74) is 2.09. The van der Waals surface area contributed by atoms with Crippen LogP contribution >= 0.6 is 0 Å². The number of H-pyrrole nitrogens is 1. The van der Waals surface area contributed by atoms with E-state index < -0.39 is 11.5 Å². The smallest absolute Gasteiger partial charge is 0.261 e. The van der Waals surface area contributed by atoms with Crippen LogP contribution in [0.3, 0.4) is 0 Å². The van der Waals surface area contributed by atoms with E-state index in [1.807, 2.05) is 42.5 Å². The predicted octanol–water partition coefficient (Wildman–Crippen LogP) is 2.98. The number of aromatic amines is 1. The minimum absolute atomic E-state index is 0.0843. The number of rotatable bonds is 4. The minimum atomic E-state index is -0.425. The Labute approximate surface area is 162 Å². The van der Waals surface area contributed by atoms with E-state index in [0.717, 1.165) is 36.0 Å². The van der Waals surface area contributed by atoms with E-state index in [2.05, 4.69) is 10.3 Å². The Hall–Kier alpha value is -3.41. The van der Waals surface area contributed by atoms with Gasteiger partial charge in [-0.2, -0.15) is 0 Å². The average Bonchev–Trinajstić information content (AvgIpc) is 2.72. The van der Waals surface area contributed by atoms with Gasteiger partial charge in [0.15, 0.2) is 0 Å². The van der Waals surface area contributed by atoms with Gasteiger partial charge in [0.05, 0.1) is 0 Å². The van der Waals surface area contributed by atoms with Crippen molar-refractivity contribution in [2.75, 3.05) is 11.4 Å². The zero-order valence-electron chi connectivity index (χ0n) is 15.4. The Bertz CT molecular complexity index is 1100. The second-order valence-corrected chi connectivity index (χ2v) is 6.95. The van der Waals surface area contributed by atoms with Gasteiger partial charge < -0.3 is 15.2 Å². The Morgan fingerprint density at radius 1 is 1.04 bits per heavy atom. The molecule has 0 bridgehead atoms. The van der Waals surface area contributed by atoms with Crippen molar-refractivity contribution in [1.29, 1.82) is 0 Å². The summed E-state index contributed by atoms with van der Waals surface area (Å²) in [6, 6.07) is 16.5. The molecule has 0 spiro atoms. The minimum Gasteiger partial charge on any atom is -0.348 e. The van der Waals surface area contributed by atoms with Crippen LogP contribution < -0.4 is 15.8 Å². The molecule has 1 aliphatic rings. The third-order valence-electron chi connectivity index (χ3n) is 5.00. The second kappa shape index (κ2) is 7.68. The van der Waals surface area contributed by atoms with Gasteiger partial charge in [0.1, 0.15) is 5.56 Å². The van der Waals surface area contributed by atoms with Crippen molar-refractivity contribution in [3.05, 3.63) is 76.1 Å². The van der Waals surface area contributed by atoms with Crippen LogP contribution in [0, 0.1) is 0 Å². The first-order valence-corrected chi connectivity index (χ1v) is 9.41. The molecule has 28 heavy (non-hydrogen) atoms. The Balaban J connectivity index is 1.49. The van der Waals surface area contributed by atoms with Gasteiger partial charge in [-0.05, 0) is 48.1 Å². The number of nitrogens with one attached hydrogen (secondary N) is 2. The van der Waals surface area contributed by atoms with Crippen molar-refractivity contribution in [3.8, 4) is 0 Å². The first kappa shape index (κ1) is 18.0. The molecule has 1 aliphatic heterocycles. The molecular formula is C22H21N3O3. The van der Waals surface area contributed by atoms with Crippen molar-refractivity contribution in [2.45, 2.75) is 25.8 Å². The number of para-hydroxylation sites is 1. The number of anilines is 1. The Kier molecular flexibility index (Phi) is 4.93. The van der Waals surface area contributed by atoms with Gasteiger partial charge in [0.2, 0.25) is 5.91 Å². The lowest BCUT2D eigenvalue weighted by atomic mass is 10.1. The van der Waals surface area contributed by atoms with Crippen LogP contribution in [0.5, 0.6) is 0 Å². The number of pyridine rings is 1. The lowest BCUT2D eigenvalue weighted by molar-refractivity contribution is -0.119. The van der Waals surface area contributed by atoms with Crippen LogP contribution in [0.15, 0.2) is 59.4 Å². The molecule has 6 nitrogen and oxygen atoms in total. The van der Waals surface area contributed by atoms with Crippen LogP contribution in [0.4, 0.5) is 5.69 Å². The number of aromatic nitrogens is 1. The highest BCUT2D eigenvalue weighted by molar-refractivity contribution is 5.97. The van der Waals surface area contributed by atoms with Crippen molar-refractivity contribution >= 4 is 28.4 Å². The lowest BCUT2D eigenvalue weighted by Gasteiger charge is -2.27. The summed E-state index contributed by atoms with van der Waals surface area (Å²) in [6.07, 6.45) is 2.51. The summed E-state index contributed by atoms with van der Waals surface area (Å²) >= 11 is 0. The maximum absolute atomic E-state index is 12.5. The quantitative estimate of drug-likeness (QED) is 0.735. The molecule has 0 saturated carbocycles. The third-order valence-corrected chi connectivity index (χ3v) is 5.00. The summed E-state index contributed by atoms with van der Waals surface area (Å²) in [7, 11) is 0. The van der Waals surface area contributed by atoms with Gasteiger partial charge in [-0.25, -0.2) is 0 Å². The van der Waals surface area contributed by atoms with Crippen molar-refractivity contribution < 1.29 is 9.59 Å². The van der Waals surface area contributed by atoms with E-state index in [1.165, 1.54) is 0 Å². The monoisotopic (exact) mass is 375 g/mol. The van der Waals surface area contributed by atoms with Crippen LogP contribution in [0.25, 0.3) is 10.9 Å². The van der Waals surface area contributed by atoms with Crippen LogP contribution in [0.2, 0.25) is 0 Å². The molecular weight excluding hydrogens is 354 g/mol. The van der Waals surface area contributed by atoms with Gasteiger partial charge in [0, 0.05) is 30.7 Å². The molecule has 3 aromatic rings. The topological polar surface area (TPSA) is 82.3 Å². The third kappa shape index (κ3) is 3.67. The zero-order valence-corrected chi connectivity index (χ0v) is 15.4. The Morgan fingerprint density at radius 3 is 2.75 bits per heavy atom. The average molecular weight is 375 g/mol. The van der Waals surface area contributed by atoms with Crippen molar-refractivity contribution in [2.24, 2.45) is 0 Å². The summed E-state index contributed by atoms with van der Waals surface area (Å²) in [5.74, 6) is -0.290. The Morgan fingerprint density at radius 2 is 1.89 bits per heavy atom. The fourth-order valence-corrected chi connectivity index (χ4v) is 3.51. The number of hydrogen-bond acceptors (Lipinski definition) is 3. The number of benzene rings is 2. The molecule has 1 saturated heterocycles. The number of amides is 2. The molecule has 2 heterocycles. The fourth-order valence-electron chi connectivity index (χ4n) is 3.51. The number of carbonyl (C=O) groups is 2. The highest BCUT2D eigenvalue weighted by Crippen LogP contribution is 2.22. The molecule has 142 valence electrons. The van der Waals surface area contributed by atoms with Gasteiger partial charge in [-0.15, -0.1) is 0 Å². The molecule has 4 rings (SSSR count). The van der Waals surface area contributed by atoms with E-state index in [4.69, 9.17) is 0 Å². The molecule has 1 aromatic heterocycles. The van der Waals surface area contributed by atoms with Crippen LogP contribution in [0.1, 0.15) is 35.2 Å². The largest absolute Gasteiger partial charge is 0.348 e. The molecule has 2 amide bonds. The van der Waals surface area contributed by atoms with E-state index in [1.54, 1.807) is 17.0 Å². The lowest BCUT2D eigenvalue weighted by Crippen LogP contribution is -2.35. The predicted molar refractivity (Wildman–Crippen MR) is 108 cm³/mol. The molecule has 0 aliphatic carbocycles. The maximum Gasteiger partial charge on any atom is 0.261 e. The number of piperidine rings is 1. The summed E-state index contributed by atoms with van der Waals surface area (Å²) in [4.78, 5) is 41.4. The van der Waals surface area contributed by atoms with Gasteiger partial charge in [-0.1, -0.05) is 30.3 Å². The van der Waals surface area contributed by atoms with E-state index >= 15 is 0 Å². The van der Waals surface area contributed by atoms with Crippen LogP contribution in [-0.4, -0.2) is 23.3 Å². The molecule has 1 fully saturated rings. The molecule has 0 atom stereocenters. The number of hydrogen-bond donors (Lipinski definition) is 2. The van der Waals surface area contributed by atoms with Crippen molar-refractivity contribution in [3.63, 3.8) is 0 Å². The second-order valence-electron chi connectivity index (χ2n) is 6.95. The zero-order chi connectivity index (χ0) is 19.5. The normalized spacial score (nSPS) is 14.3. The molecule has 0 radical (unpaired) electrons. The summed E-state index contributed by atoms with van der Waals surface area (Å²) in [5, 5.41) is 3.60. The first-order valence-electron chi connectivity index (χ1n) is 9.41. The fraction of sp³-hybridized carbons (Fsp3) is 0.227. The molecule has 2 N–H and O–H groups in total. The van der Waals surface area contributed by atoms with Gasteiger partial charge >= 0.3 is 0 Å². The van der Waals surface area contributed by atoms with Crippen molar-refractivity contribution in [1.82, 2.24) is 10.3 Å². The summed E-state index contributed by atoms with van der Waals surface area (Å²) < 4.78 is 0. The number of carbonyl (C=O) groups excluding carboxylic acids is 2. The first-order chi connectivity index (χ1) is 13.6. The summed E-state index contributed by atoms with van der Waals surface area (Å²) in [6.45, 7) is 1.00. The van der Waals surface area contributed by atoms with E-state index in [0.29, 0.717) is 11.9 Å². The SMILES string of the molecule is O=C(NCc1cccc(N2CCCCC2=O)c1)c1cc2ccccc2[nH]c1=O. The van der Waals surface area contributed by atoms with Gasteiger partial charge in [-0.3, -0.25) is 14.4 Å². The number of nitrogens with zero attached hydrogens (tertiary/aromatic N) is 1. The van der Waals surface area contributed by atoms with E-state index in [-0.39, 0.29) is 18.0 Å². The standard InChI is InChI=1S/C22H21N3O3/c26-20-10-3-4-11-25(20)17-8-5-6-15(12-17)14-23-21(27)18-13-16-7-1-2-9-19(16)24-22(18)28/h1-2,5-9,12-13H,3-4,10-11,14H2,(H,23,27)(H,24,28). The van der Waals surface area contributed by atoms with E-state index in [9.17, 15) is 14.4 Å². The molecule has 2 aromatic carbocycles. The van der Waals surface area contributed by atoms with Gasteiger partial charge in [0.25, 0.3) is 11.5 Å². The molecule has 0 unspecified atom stereocenters. The number of fused-ring (bicyclic) bond motifs is 1. The maximum atomic E-state index is 12.5. The van der Waals surface area contributed by atoms with Crippen LogP contribution in [-0.2, 0) is 11.3 Å². The highest BCUT2D eigenvalue weighted by Gasteiger charge is 2.19. The molecule has 6 heteroatoms.